The summed E-state index contributed by atoms with van der Waals surface area (Å²) >= 11 is 1.34. The van der Waals surface area contributed by atoms with Crippen LogP contribution in [0.5, 0.6) is 0 Å². The lowest BCUT2D eigenvalue weighted by Gasteiger charge is -2.35. The number of methoxy groups -OCH3 is 1. The molecular weight excluding hydrogens is 351 g/mol. The van der Waals surface area contributed by atoms with E-state index in [2.05, 4.69) is 14.3 Å². The Morgan fingerprint density at radius 2 is 2.00 bits per heavy atom. The second-order valence-electron chi connectivity index (χ2n) is 6.06. The van der Waals surface area contributed by atoms with Crippen LogP contribution in [0.2, 0.25) is 0 Å². The number of anilines is 1. The highest BCUT2D eigenvalue weighted by Gasteiger charge is 2.31. The van der Waals surface area contributed by atoms with E-state index < -0.39 is 11.7 Å². The average molecular weight is 371 g/mol. The first-order valence-corrected chi connectivity index (χ1v) is 9.01. The normalized spacial score (nSPS) is 18.6. The van der Waals surface area contributed by atoms with Crippen LogP contribution in [0.1, 0.15) is 42.3 Å². The largest absolute Gasteiger partial charge is 0.416 e. The fourth-order valence-corrected chi connectivity index (χ4v) is 3.85. The van der Waals surface area contributed by atoms with Crippen LogP contribution in [-0.4, -0.2) is 29.6 Å². The maximum absolute atomic E-state index is 12.8. The van der Waals surface area contributed by atoms with Gasteiger partial charge in [-0.25, -0.2) is 4.98 Å². The number of alkyl halides is 3. The predicted molar refractivity (Wildman–Crippen MR) is 90.9 cm³/mol. The van der Waals surface area contributed by atoms with Crippen LogP contribution in [-0.2, 0) is 17.3 Å². The molecule has 136 valence electrons. The molecule has 1 aliphatic heterocycles. The van der Waals surface area contributed by atoms with Crippen molar-refractivity contribution in [3.05, 3.63) is 41.2 Å². The van der Waals surface area contributed by atoms with Crippen LogP contribution in [0, 0.1) is 0 Å². The van der Waals surface area contributed by atoms with Crippen molar-refractivity contribution in [3.8, 4) is 0 Å². The molecule has 0 aliphatic carbocycles. The van der Waals surface area contributed by atoms with Crippen molar-refractivity contribution in [2.45, 2.75) is 37.9 Å². The molecule has 1 saturated heterocycles. The molecule has 1 aromatic heterocycles. The summed E-state index contributed by atoms with van der Waals surface area (Å²) in [6.07, 6.45) is -0.647. The summed E-state index contributed by atoms with van der Waals surface area (Å²) in [6.45, 7) is 1.41. The molecule has 0 N–H and O–H groups in total. The third-order valence-electron chi connectivity index (χ3n) is 4.36. The number of benzene rings is 1. The van der Waals surface area contributed by atoms with Gasteiger partial charge in [-0.2, -0.15) is 17.5 Å². The van der Waals surface area contributed by atoms with E-state index in [-0.39, 0.29) is 6.04 Å². The van der Waals surface area contributed by atoms with Gasteiger partial charge in [0.25, 0.3) is 0 Å². The highest BCUT2D eigenvalue weighted by molar-refractivity contribution is 7.09. The van der Waals surface area contributed by atoms with Crippen molar-refractivity contribution in [2.75, 3.05) is 25.2 Å². The van der Waals surface area contributed by atoms with Gasteiger partial charge in [-0.15, -0.1) is 0 Å². The SMILES string of the molecule is COCCc1nsc(N2CCCCC2c2ccc(C(F)(F)F)cc2)n1. The third kappa shape index (κ3) is 4.30. The van der Waals surface area contributed by atoms with E-state index in [0.29, 0.717) is 13.0 Å². The van der Waals surface area contributed by atoms with Crippen LogP contribution in [0.15, 0.2) is 24.3 Å². The Labute approximate surface area is 148 Å². The van der Waals surface area contributed by atoms with Crippen molar-refractivity contribution >= 4 is 16.7 Å². The lowest BCUT2D eigenvalue weighted by Crippen LogP contribution is -2.33. The zero-order chi connectivity index (χ0) is 17.9. The summed E-state index contributed by atoms with van der Waals surface area (Å²) in [4.78, 5) is 6.74. The molecule has 1 fully saturated rings. The minimum absolute atomic E-state index is 0.0410. The van der Waals surface area contributed by atoms with E-state index in [1.807, 2.05) is 0 Å². The Bertz CT molecular complexity index is 687. The second kappa shape index (κ2) is 7.70. The lowest BCUT2D eigenvalue weighted by atomic mass is 9.95. The first-order chi connectivity index (χ1) is 12.0. The minimum atomic E-state index is -4.31. The van der Waals surface area contributed by atoms with Crippen molar-refractivity contribution in [2.24, 2.45) is 0 Å². The molecule has 1 unspecified atom stereocenters. The van der Waals surface area contributed by atoms with E-state index in [0.717, 1.165) is 54.5 Å². The first kappa shape index (κ1) is 18.1. The number of halogens is 3. The van der Waals surface area contributed by atoms with E-state index in [4.69, 9.17) is 4.74 Å². The molecule has 0 radical (unpaired) electrons. The number of hydrogen-bond donors (Lipinski definition) is 0. The molecule has 0 amide bonds. The standard InChI is InChI=1S/C17H20F3N3OS/c1-24-11-9-15-21-16(25-22-15)23-10-3-2-4-14(23)12-5-7-13(8-6-12)17(18,19)20/h5-8,14H,2-4,9-11H2,1H3. The highest BCUT2D eigenvalue weighted by atomic mass is 32.1. The van der Waals surface area contributed by atoms with Crippen molar-refractivity contribution < 1.29 is 17.9 Å². The van der Waals surface area contributed by atoms with Gasteiger partial charge in [-0.1, -0.05) is 12.1 Å². The quantitative estimate of drug-likeness (QED) is 0.777. The molecule has 8 heteroatoms. The molecular formula is C17H20F3N3OS. The Morgan fingerprint density at radius 3 is 2.68 bits per heavy atom. The Morgan fingerprint density at radius 1 is 1.24 bits per heavy atom. The maximum Gasteiger partial charge on any atom is 0.416 e. The number of aromatic nitrogens is 2. The van der Waals surface area contributed by atoms with Gasteiger partial charge in [0.15, 0.2) is 0 Å². The molecule has 0 spiro atoms. The zero-order valence-electron chi connectivity index (χ0n) is 13.9. The van der Waals surface area contributed by atoms with E-state index >= 15 is 0 Å². The molecule has 1 atom stereocenters. The average Bonchev–Trinajstić information content (AvgIpc) is 3.08. The third-order valence-corrected chi connectivity index (χ3v) is 5.15. The van der Waals surface area contributed by atoms with Crippen LogP contribution in [0.25, 0.3) is 0 Å². The summed E-state index contributed by atoms with van der Waals surface area (Å²) < 4.78 is 47.7. The second-order valence-corrected chi connectivity index (χ2v) is 6.79. The molecule has 1 aliphatic rings. The molecule has 25 heavy (non-hydrogen) atoms. The Balaban J connectivity index is 1.80. The summed E-state index contributed by atoms with van der Waals surface area (Å²) in [7, 11) is 1.64. The van der Waals surface area contributed by atoms with Crippen molar-refractivity contribution in [1.82, 2.24) is 9.36 Å². The topological polar surface area (TPSA) is 38.2 Å². The van der Waals surface area contributed by atoms with Crippen LogP contribution >= 0.6 is 11.5 Å². The van der Waals surface area contributed by atoms with Crippen molar-refractivity contribution in [3.63, 3.8) is 0 Å². The summed E-state index contributed by atoms with van der Waals surface area (Å²) in [6, 6.07) is 5.52. The summed E-state index contributed by atoms with van der Waals surface area (Å²) in [5.41, 5.74) is 0.276. The van der Waals surface area contributed by atoms with Crippen LogP contribution in [0.3, 0.4) is 0 Å². The molecule has 1 aromatic carbocycles. The molecule has 3 rings (SSSR count). The van der Waals surface area contributed by atoms with E-state index in [1.165, 1.54) is 11.5 Å². The monoisotopic (exact) mass is 371 g/mol. The number of piperidine rings is 1. The number of nitrogens with zero attached hydrogens (tertiary/aromatic N) is 3. The predicted octanol–water partition coefficient (Wildman–Crippen LogP) is 4.48. The zero-order valence-corrected chi connectivity index (χ0v) is 14.7. The summed E-state index contributed by atoms with van der Waals surface area (Å²) in [5, 5.41) is 0.829. The Kier molecular flexibility index (Phi) is 5.58. The van der Waals surface area contributed by atoms with Gasteiger partial charge in [0, 0.05) is 31.6 Å². The van der Waals surface area contributed by atoms with Crippen LogP contribution in [0.4, 0.5) is 18.3 Å². The lowest BCUT2D eigenvalue weighted by molar-refractivity contribution is -0.137. The maximum atomic E-state index is 12.8. The van der Waals surface area contributed by atoms with Gasteiger partial charge >= 0.3 is 6.18 Å². The molecule has 0 bridgehead atoms. The molecule has 2 heterocycles. The van der Waals surface area contributed by atoms with E-state index in [9.17, 15) is 13.2 Å². The first-order valence-electron chi connectivity index (χ1n) is 8.24. The number of rotatable bonds is 5. The van der Waals surface area contributed by atoms with E-state index in [1.54, 1.807) is 19.2 Å². The van der Waals surface area contributed by atoms with Crippen LogP contribution < -0.4 is 4.90 Å². The van der Waals surface area contributed by atoms with Gasteiger partial charge in [-0.05, 0) is 37.0 Å². The highest BCUT2D eigenvalue weighted by Crippen LogP contribution is 2.37. The fraction of sp³-hybridized carbons (Fsp3) is 0.529. The van der Waals surface area contributed by atoms with Gasteiger partial charge < -0.3 is 9.64 Å². The Hall–Kier alpha value is -1.67. The smallest absolute Gasteiger partial charge is 0.384 e. The van der Waals surface area contributed by atoms with Gasteiger partial charge in [0.05, 0.1) is 18.2 Å². The molecule has 4 nitrogen and oxygen atoms in total. The van der Waals surface area contributed by atoms with Gasteiger partial charge in [0.2, 0.25) is 5.13 Å². The number of hydrogen-bond acceptors (Lipinski definition) is 5. The summed E-state index contributed by atoms with van der Waals surface area (Å²) in [5.74, 6) is 0.749. The molecule has 2 aromatic rings. The minimum Gasteiger partial charge on any atom is -0.384 e. The van der Waals surface area contributed by atoms with Crippen molar-refractivity contribution in [1.29, 1.82) is 0 Å². The van der Waals surface area contributed by atoms with Gasteiger partial charge in [-0.3, -0.25) is 0 Å². The van der Waals surface area contributed by atoms with Gasteiger partial charge in [0.1, 0.15) is 5.82 Å². The number of ether oxygens (including phenoxy) is 1. The molecule has 0 saturated carbocycles. The fourth-order valence-electron chi connectivity index (χ4n) is 3.06.